The van der Waals surface area contributed by atoms with E-state index in [-0.39, 0.29) is 6.04 Å². The summed E-state index contributed by atoms with van der Waals surface area (Å²) in [5.74, 6) is 0. The second-order valence-electron chi connectivity index (χ2n) is 7.49. The minimum Gasteiger partial charge on any atom is -0.338 e. The van der Waals surface area contributed by atoms with Crippen LogP contribution in [0.25, 0.3) is 6.08 Å². The third-order valence-electron chi connectivity index (χ3n) is 5.21. The fraction of sp³-hybridized carbons (Fsp3) is 0.172. The van der Waals surface area contributed by atoms with Gasteiger partial charge in [-0.2, -0.15) is 0 Å². The summed E-state index contributed by atoms with van der Waals surface area (Å²) >= 11 is 0. The lowest BCUT2D eigenvalue weighted by Crippen LogP contribution is -2.32. The maximum atomic E-state index is 4.12. The fourth-order valence-corrected chi connectivity index (χ4v) is 3.53. The van der Waals surface area contributed by atoms with Crippen LogP contribution in [0.2, 0.25) is 0 Å². The molecule has 1 aliphatic rings. The number of anilines is 1. The van der Waals surface area contributed by atoms with E-state index in [0.717, 1.165) is 12.8 Å². The molecule has 3 rings (SSSR count). The van der Waals surface area contributed by atoms with Crippen LogP contribution in [0, 0.1) is 6.92 Å². The molecule has 1 aliphatic carbocycles. The normalized spacial score (nSPS) is 15.0. The highest BCUT2D eigenvalue weighted by Gasteiger charge is 2.19. The van der Waals surface area contributed by atoms with E-state index in [1.54, 1.807) is 0 Å². The molecule has 0 heterocycles. The highest BCUT2D eigenvalue weighted by molar-refractivity contribution is 5.59. The van der Waals surface area contributed by atoms with Crippen LogP contribution in [-0.2, 0) is 0 Å². The minimum atomic E-state index is 0.210. The van der Waals surface area contributed by atoms with Gasteiger partial charge in [0.05, 0.1) is 6.04 Å². The molecular weight excluding hydrogens is 362 g/mol. The van der Waals surface area contributed by atoms with E-state index in [4.69, 9.17) is 0 Å². The summed E-state index contributed by atoms with van der Waals surface area (Å²) in [5, 5.41) is 0. The van der Waals surface area contributed by atoms with Crippen molar-refractivity contribution in [1.29, 1.82) is 0 Å². The van der Waals surface area contributed by atoms with Crippen molar-refractivity contribution in [3.8, 4) is 0 Å². The smallest absolute Gasteiger partial charge is 0.0551 e. The van der Waals surface area contributed by atoms with Crippen molar-refractivity contribution in [2.24, 2.45) is 0 Å². The van der Waals surface area contributed by atoms with E-state index in [1.807, 2.05) is 6.08 Å². The van der Waals surface area contributed by atoms with Crippen LogP contribution < -0.4 is 4.90 Å². The predicted molar refractivity (Wildman–Crippen MR) is 132 cm³/mol. The first-order chi connectivity index (χ1) is 14.7. The Bertz CT molecular complexity index is 969. The van der Waals surface area contributed by atoms with Gasteiger partial charge in [0.2, 0.25) is 0 Å². The molecule has 1 atom stereocenters. The zero-order chi connectivity index (χ0) is 21.2. The van der Waals surface area contributed by atoms with E-state index in [1.165, 1.54) is 28.1 Å². The third-order valence-corrected chi connectivity index (χ3v) is 5.21. The summed E-state index contributed by atoms with van der Waals surface area (Å²) in [5.41, 5.74) is 6.16. The Morgan fingerprint density at radius 2 is 1.77 bits per heavy atom. The predicted octanol–water partition coefficient (Wildman–Crippen LogP) is 7.81. The lowest BCUT2D eigenvalue weighted by atomic mass is 10.1. The van der Waals surface area contributed by atoms with Crippen molar-refractivity contribution >= 4 is 11.8 Å². The number of hydrogen-bond acceptors (Lipinski definition) is 1. The van der Waals surface area contributed by atoms with Crippen LogP contribution in [0.5, 0.6) is 0 Å². The van der Waals surface area contributed by atoms with E-state index in [9.17, 15) is 0 Å². The van der Waals surface area contributed by atoms with Crippen LogP contribution in [0.1, 0.15) is 30.9 Å². The molecule has 0 fully saturated rings. The van der Waals surface area contributed by atoms with Crippen LogP contribution in [0.3, 0.4) is 0 Å². The number of allylic oxidation sites excluding steroid dienone is 7. The first kappa shape index (κ1) is 21.4. The van der Waals surface area contributed by atoms with Crippen molar-refractivity contribution in [3.63, 3.8) is 0 Å². The maximum Gasteiger partial charge on any atom is 0.0551 e. The monoisotopic (exact) mass is 393 g/mol. The SMILES string of the molecule is C=CC(C/C=C\C)N(C1=CC=C(/C=C/c2ccc(C)cc2)C=CC1)c1ccccc1. The van der Waals surface area contributed by atoms with E-state index >= 15 is 0 Å². The van der Waals surface area contributed by atoms with Gasteiger partial charge in [-0.3, -0.25) is 0 Å². The molecule has 30 heavy (non-hydrogen) atoms. The molecule has 0 aromatic heterocycles. The third kappa shape index (κ3) is 5.84. The van der Waals surface area contributed by atoms with Crippen molar-refractivity contribution in [3.05, 3.63) is 132 Å². The Morgan fingerprint density at radius 3 is 2.47 bits per heavy atom. The topological polar surface area (TPSA) is 3.24 Å². The first-order valence-electron chi connectivity index (χ1n) is 10.6. The summed E-state index contributed by atoms with van der Waals surface area (Å²) in [4.78, 5) is 2.40. The van der Waals surface area contributed by atoms with Gasteiger partial charge in [0.15, 0.2) is 0 Å². The highest BCUT2D eigenvalue weighted by Crippen LogP contribution is 2.28. The lowest BCUT2D eigenvalue weighted by molar-refractivity contribution is 0.748. The van der Waals surface area contributed by atoms with Gasteiger partial charge in [-0.05, 0) is 49.6 Å². The number of aryl methyl sites for hydroxylation is 1. The van der Waals surface area contributed by atoms with Gasteiger partial charge in [0, 0.05) is 17.8 Å². The fourth-order valence-electron chi connectivity index (χ4n) is 3.53. The number of para-hydroxylation sites is 1. The number of rotatable bonds is 8. The van der Waals surface area contributed by atoms with Crippen LogP contribution in [-0.4, -0.2) is 6.04 Å². The molecule has 2 aromatic carbocycles. The highest BCUT2D eigenvalue weighted by atomic mass is 15.2. The first-order valence-corrected chi connectivity index (χ1v) is 10.6. The average Bonchev–Trinajstić information content (AvgIpc) is 3.02. The summed E-state index contributed by atoms with van der Waals surface area (Å²) < 4.78 is 0. The molecule has 1 heteroatoms. The zero-order valence-corrected chi connectivity index (χ0v) is 18.0. The van der Waals surface area contributed by atoms with E-state index in [0.29, 0.717) is 0 Å². The Labute approximate surface area is 181 Å². The quantitative estimate of drug-likeness (QED) is 0.413. The lowest BCUT2D eigenvalue weighted by Gasteiger charge is -2.33. The molecule has 0 spiro atoms. The molecule has 0 bridgehead atoms. The Morgan fingerprint density at radius 1 is 1.00 bits per heavy atom. The second-order valence-corrected chi connectivity index (χ2v) is 7.49. The zero-order valence-electron chi connectivity index (χ0n) is 18.0. The van der Waals surface area contributed by atoms with Crippen LogP contribution >= 0.6 is 0 Å². The molecule has 0 radical (unpaired) electrons. The van der Waals surface area contributed by atoms with Crippen molar-refractivity contribution in [1.82, 2.24) is 0 Å². The molecule has 0 N–H and O–H groups in total. The molecule has 0 saturated carbocycles. The Balaban J connectivity index is 1.89. The van der Waals surface area contributed by atoms with Gasteiger partial charge in [-0.25, -0.2) is 0 Å². The largest absolute Gasteiger partial charge is 0.338 e. The van der Waals surface area contributed by atoms with Crippen molar-refractivity contribution in [2.45, 2.75) is 32.7 Å². The summed E-state index contributed by atoms with van der Waals surface area (Å²) in [6, 6.07) is 19.4. The summed E-state index contributed by atoms with van der Waals surface area (Å²) in [6.45, 7) is 8.29. The summed E-state index contributed by atoms with van der Waals surface area (Å²) in [7, 11) is 0. The van der Waals surface area contributed by atoms with Gasteiger partial charge in [-0.1, -0.05) is 96.6 Å². The summed E-state index contributed by atoms with van der Waals surface area (Å²) in [6.07, 6.45) is 21.4. The Kier molecular flexibility index (Phi) is 7.86. The number of nitrogens with zero attached hydrogens (tertiary/aromatic N) is 1. The van der Waals surface area contributed by atoms with Gasteiger partial charge < -0.3 is 4.90 Å². The van der Waals surface area contributed by atoms with Crippen molar-refractivity contribution in [2.75, 3.05) is 4.90 Å². The maximum absolute atomic E-state index is 4.12. The second kappa shape index (κ2) is 11.0. The standard InChI is InChI=1S/C29H31N/c1-4-6-12-27(5-2)30(28-13-8-7-9-14-28)29-15-10-11-25(22-23-29)20-21-26-18-16-24(3)17-19-26/h4-11,13-14,16-23,27H,2,12,15H2,1,3H3/b6-4-,21-20+. The molecule has 2 aromatic rings. The molecule has 0 saturated heterocycles. The Hall–Kier alpha value is -3.32. The van der Waals surface area contributed by atoms with E-state index < -0.39 is 0 Å². The molecular formula is C29H31N. The van der Waals surface area contributed by atoms with Crippen molar-refractivity contribution < 1.29 is 0 Å². The number of benzene rings is 2. The molecule has 0 amide bonds. The van der Waals surface area contributed by atoms with Gasteiger partial charge in [0.1, 0.15) is 0 Å². The molecule has 1 unspecified atom stereocenters. The average molecular weight is 394 g/mol. The van der Waals surface area contributed by atoms with E-state index in [2.05, 4.69) is 129 Å². The van der Waals surface area contributed by atoms with Gasteiger partial charge >= 0.3 is 0 Å². The minimum absolute atomic E-state index is 0.210. The molecule has 1 nitrogen and oxygen atoms in total. The van der Waals surface area contributed by atoms with Gasteiger partial charge in [-0.15, -0.1) is 6.58 Å². The van der Waals surface area contributed by atoms with Gasteiger partial charge in [0.25, 0.3) is 0 Å². The molecule has 0 aliphatic heterocycles. The van der Waals surface area contributed by atoms with Crippen LogP contribution in [0.15, 0.2) is 121 Å². The molecule has 152 valence electrons. The van der Waals surface area contributed by atoms with Crippen LogP contribution in [0.4, 0.5) is 5.69 Å². The number of hydrogen-bond donors (Lipinski definition) is 0.